The first-order chi connectivity index (χ1) is 15.4. The highest BCUT2D eigenvalue weighted by molar-refractivity contribution is 6.46. The summed E-state index contributed by atoms with van der Waals surface area (Å²) in [7, 11) is 1.58. The van der Waals surface area contributed by atoms with E-state index in [4.69, 9.17) is 16.3 Å². The van der Waals surface area contributed by atoms with Crippen LogP contribution in [0.2, 0.25) is 5.02 Å². The smallest absolute Gasteiger partial charge is 0.282 e. The van der Waals surface area contributed by atoms with Crippen LogP contribution in [-0.2, 0) is 16.0 Å². The minimum atomic E-state index is -0.413. The molecule has 0 unspecified atom stereocenters. The van der Waals surface area contributed by atoms with E-state index in [1.54, 1.807) is 55.6 Å². The van der Waals surface area contributed by atoms with Gasteiger partial charge in [-0.3, -0.25) is 9.59 Å². The minimum Gasteiger partial charge on any atom is -0.497 e. The number of methoxy groups -OCH3 is 1. The molecular weight excluding hydrogens is 424 g/mol. The van der Waals surface area contributed by atoms with Crippen molar-refractivity contribution in [3.8, 4) is 5.75 Å². The molecule has 4 rings (SSSR count). The first kappa shape index (κ1) is 21.7. The fourth-order valence-corrected chi connectivity index (χ4v) is 3.84. The van der Waals surface area contributed by atoms with Crippen LogP contribution in [0.3, 0.4) is 0 Å². The van der Waals surface area contributed by atoms with E-state index in [1.807, 2.05) is 25.1 Å². The summed E-state index contributed by atoms with van der Waals surface area (Å²) in [5.41, 5.74) is 4.26. The van der Waals surface area contributed by atoms with Crippen molar-refractivity contribution in [2.45, 2.75) is 20.3 Å². The molecule has 3 aromatic rings. The molecule has 0 saturated heterocycles. The average Bonchev–Trinajstić information content (AvgIpc) is 3.06. The first-order valence-electron chi connectivity index (χ1n) is 10.3. The van der Waals surface area contributed by atoms with Gasteiger partial charge < -0.3 is 10.1 Å². The summed E-state index contributed by atoms with van der Waals surface area (Å²) in [6.07, 6.45) is 0.873. The van der Waals surface area contributed by atoms with Gasteiger partial charge in [-0.2, -0.15) is 0 Å². The van der Waals surface area contributed by atoms with Crippen LogP contribution in [0, 0.1) is 6.92 Å². The third-order valence-electron chi connectivity index (χ3n) is 5.59. The van der Waals surface area contributed by atoms with E-state index in [9.17, 15) is 9.59 Å². The molecule has 1 heterocycles. The SMILES string of the molecule is CCc1ccc(N2C(=O)C(Nc3cccc(Cl)c3C)=C(c3ccc(OC)cc3)C2=O)cc1. The Balaban J connectivity index is 1.82. The Labute approximate surface area is 192 Å². The minimum absolute atomic E-state index is 0.213. The number of nitrogens with one attached hydrogen (secondary N) is 1. The van der Waals surface area contributed by atoms with Crippen molar-refractivity contribution >= 4 is 40.4 Å². The standard InChI is InChI=1S/C26H23ClN2O3/c1-4-17-8-12-19(13-9-17)29-25(30)23(18-10-14-20(32-3)15-11-18)24(26(29)31)28-22-7-5-6-21(27)16(22)2/h5-15,28H,4H2,1-3H3. The van der Waals surface area contributed by atoms with Crippen LogP contribution in [0.15, 0.2) is 72.4 Å². The summed E-state index contributed by atoms with van der Waals surface area (Å²) in [5, 5.41) is 3.76. The Hall–Kier alpha value is -3.57. The van der Waals surface area contributed by atoms with Crippen LogP contribution in [0.25, 0.3) is 5.57 Å². The first-order valence-corrected chi connectivity index (χ1v) is 10.7. The number of hydrogen-bond donors (Lipinski definition) is 1. The highest BCUT2D eigenvalue weighted by atomic mass is 35.5. The van der Waals surface area contributed by atoms with E-state index < -0.39 is 5.91 Å². The van der Waals surface area contributed by atoms with Crippen LogP contribution in [0.5, 0.6) is 5.75 Å². The molecule has 0 atom stereocenters. The number of carbonyl (C=O) groups is 2. The van der Waals surface area contributed by atoms with Crippen molar-refractivity contribution in [1.29, 1.82) is 0 Å². The predicted molar refractivity (Wildman–Crippen MR) is 128 cm³/mol. The fraction of sp³-hybridized carbons (Fsp3) is 0.154. The van der Waals surface area contributed by atoms with Gasteiger partial charge in [0.15, 0.2) is 0 Å². The van der Waals surface area contributed by atoms with Crippen molar-refractivity contribution in [2.75, 3.05) is 17.3 Å². The lowest BCUT2D eigenvalue weighted by molar-refractivity contribution is -0.120. The third kappa shape index (κ3) is 3.87. The highest BCUT2D eigenvalue weighted by Gasteiger charge is 2.40. The van der Waals surface area contributed by atoms with Gasteiger partial charge in [0.25, 0.3) is 11.8 Å². The van der Waals surface area contributed by atoms with Crippen LogP contribution in [0.4, 0.5) is 11.4 Å². The molecule has 2 amide bonds. The molecule has 0 bridgehead atoms. The van der Waals surface area contributed by atoms with Crippen LogP contribution in [0.1, 0.15) is 23.6 Å². The lowest BCUT2D eigenvalue weighted by atomic mass is 10.0. The Morgan fingerprint density at radius 2 is 1.62 bits per heavy atom. The highest BCUT2D eigenvalue weighted by Crippen LogP contribution is 2.35. The Morgan fingerprint density at radius 3 is 2.25 bits per heavy atom. The number of hydrogen-bond acceptors (Lipinski definition) is 4. The van der Waals surface area contributed by atoms with E-state index in [0.717, 1.165) is 17.5 Å². The second-order valence-electron chi connectivity index (χ2n) is 7.48. The van der Waals surface area contributed by atoms with E-state index in [0.29, 0.717) is 33.3 Å². The summed E-state index contributed by atoms with van der Waals surface area (Å²) in [6.45, 7) is 3.92. The number of anilines is 2. The van der Waals surface area contributed by atoms with Crippen molar-refractivity contribution < 1.29 is 14.3 Å². The molecular formula is C26H23ClN2O3. The number of benzene rings is 3. The van der Waals surface area contributed by atoms with Crippen molar-refractivity contribution in [3.63, 3.8) is 0 Å². The van der Waals surface area contributed by atoms with Gasteiger partial charge in [0.05, 0.1) is 18.4 Å². The number of ether oxygens (including phenoxy) is 1. The Bertz CT molecular complexity index is 1210. The van der Waals surface area contributed by atoms with Gasteiger partial charge >= 0.3 is 0 Å². The van der Waals surface area contributed by atoms with E-state index >= 15 is 0 Å². The van der Waals surface area contributed by atoms with Gasteiger partial charge in [0.2, 0.25) is 0 Å². The quantitative estimate of drug-likeness (QED) is 0.499. The Kier molecular flexibility index (Phi) is 6.01. The van der Waals surface area contributed by atoms with Crippen LogP contribution in [-0.4, -0.2) is 18.9 Å². The molecule has 3 aromatic carbocycles. The zero-order chi connectivity index (χ0) is 22.8. The Morgan fingerprint density at radius 1 is 0.938 bits per heavy atom. The van der Waals surface area contributed by atoms with E-state index in [1.165, 1.54) is 4.90 Å². The molecule has 0 spiro atoms. The molecule has 0 aromatic heterocycles. The lowest BCUT2D eigenvalue weighted by Crippen LogP contribution is -2.32. The molecule has 1 aliphatic heterocycles. The zero-order valence-electron chi connectivity index (χ0n) is 18.1. The van der Waals surface area contributed by atoms with E-state index in [-0.39, 0.29) is 11.6 Å². The average molecular weight is 447 g/mol. The second-order valence-corrected chi connectivity index (χ2v) is 7.89. The summed E-state index contributed by atoms with van der Waals surface area (Å²) in [4.78, 5) is 28.2. The number of aryl methyl sites for hydroxylation is 1. The maximum absolute atomic E-state index is 13.5. The number of imide groups is 1. The van der Waals surface area contributed by atoms with Crippen molar-refractivity contribution in [2.24, 2.45) is 0 Å². The molecule has 6 heteroatoms. The van der Waals surface area contributed by atoms with Gasteiger partial charge in [-0.05, 0) is 66.4 Å². The molecule has 0 fully saturated rings. The number of nitrogens with zero attached hydrogens (tertiary/aromatic N) is 1. The van der Waals surface area contributed by atoms with Gasteiger partial charge in [-0.25, -0.2) is 4.90 Å². The van der Waals surface area contributed by atoms with Gasteiger partial charge in [0.1, 0.15) is 11.4 Å². The van der Waals surface area contributed by atoms with E-state index in [2.05, 4.69) is 12.2 Å². The molecule has 1 N–H and O–H groups in total. The van der Waals surface area contributed by atoms with Gasteiger partial charge in [-0.15, -0.1) is 0 Å². The molecule has 1 aliphatic rings. The lowest BCUT2D eigenvalue weighted by Gasteiger charge is -2.16. The number of amides is 2. The van der Waals surface area contributed by atoms with Crippen LogP contribution < -0.4 is 15.0 Å². The van der Waals surface area contributed by atoms with Crippen LogP contribution >= 0.6 is 11.6 Å². The fourth-order valence-electron chi connectivity index (χ4n) is 3.66. The largest absolute Gasteiger partial charge is 0.497 e. The van der Waals surface area contributed by atoms with Crippen molar-refractivity contribution in [3.05, 3.63) is 94.1 Å². The number of halogens is 1. The monoisotopic (exact) mass is 446 g/mol. The van der Waals surface area contributed by atoms with Gasteiger partial charge in [0, 0.05) is 10.7 Å². The topological polar surface area (TPSA) is 58.6 Å². The summed E-state index contributed by atoms with van der Waals surface area (Å²) >= 11 is 6.27. The number of rotatable bonds is 6. The molecule has 0 saturated carbocycles. The number of carbonyl (C=O) groups excluding carboxylic acids is 2. The van der Waals surface area contributed by atoms with Crippen molar-refractivity contribution in [1.82, 2.24) is 0 Å². The summed E-state index contributed by atoms with van der Waals surface area (Å²) in [5.74, 6) is -0.130. The van der Waals surface area contributed by atoms with Gasteiger partial charge in [-0.1, -0.05) is 48.9 Å². The maximum atomic E-state index is 13.5. The molecule has 0 aliphatic carbocycles. The normalized spacial score (nSPS) is 13.7. The molecule has 5 nitrogen and oxygen atoms in total. The second kappa shape index (κ2) is 8.89. The third-order valence-corrected chi connectivity index (χ3v) is 6.00. The zero-order valence-corrected chi connectivity index (χ0v) is 18.9. The predicted octanol–water partition coefficient (Wildman–Crippen LogP) is 5.62. The molecule has 162 valence electrons. The maximum Gasteiger partial charge on any atom is 0.282 e. The molecule has 0 radical (unpaired) electrons. The summed E-state index contributed by atoms with van der Waals surface area (Å²) < 4.78 is 5.23. The summed E-state index contributed by atoms with van der Waals surface area (Å²) in [6, 6.07) is 19.9. The molecule has 32 heavy (non-hydrogen) atoms.